The first-order valence-corrected chi connectivity index (χ1v) is 9.69. The normalized spacial score (nSPS) is 15.1. The van der Waals surface area contributed by atoms with E-state index in [0.717, 1.165) is 38.5 Å². The summed E-state index contributed by atoms with van der Waals surface area (Å²) in [4.78, 5) is 26.1. The Labute approximate surface area is 165 Å². The first-order valence-electron chi connectivity index (χ1n) is 9.69. The van der Waals surface area contributed by atoms with Crippen LogP contribution in [0.1, 0.15) is 57.1 Å². The number of amides is 1. The molecule has 152 valence electrons. The minimum Gasteiger partial charge on any atom is -0.492 e. The number of aromatic nitrogens is 1. The topological polar surface area (TPSA) is 128 Å². The number of nitrogens with one attached hydrogen (secondary N) is 1. The molecule has 28 heavy (non-hydrogen) atoms. The fourth-order valence-electron chi connectivity index (χ4n) is 3.00. The third kappa shape index (κ3) is 6.23. The van der Waals surface area contributed by atoms with Crippen molar-refractivity contribution < 1.29 is 14.3 Å². The molecule has 0 aliphatic heterocycles. The zero-order valence-electron chi connectivity index (χ0n) is 16.1. The molecule has 0 radical (unpaired) electrons. The lowest BCUT2D eigenvalue weighted by atomic mass is 9.79. The van der Waals surface area contributed by atoms with E-state index in [4.69, 9.17) is 20.6 Å². The van der Waals surface area contributed by atoms with E-state index in [1.54, 1.807) is 18.3 Å². The van der Waals surface area contributed by atoms with Gasteiger partial charge >= 0.3 is 5.91 Å². The average Bonchev–Trinajstić information content (AvgIpc) is 2.68. The summed E-state index contributed by atoms with van der Waals surface area (Å²) in [5, 5.41) is 10.3. The van der Waals surface area contributed by atoms with Gasteiger partial charge in [-0.1, -0.05) is 19.3 Å². The summed E-state index contributed by atoms with van der Waals surface area (Å²) < 4.78 is 11.3. The summed E-state index contributed by atoms with van der Waals surface area (Å²) in [5.74, 6) is 0.0204. The van der Waals surface area contributed by atoms with Gasteiger partial charge in [-0.25, -0.2) is 0 Å². The monoisotopic (exact) mass is 388 g/mol. The molecule has 2 rings (SSSR count). The second-order valence-electron chi connectivity index (χ2n) is 6.86. The third-order valence-electron chi connectivity index (χ3n) is 4.84. The van der Waals surface area contributed by atoms with E-state index in [1.807, 2.05) is 0 Å². The number of pyridine rings is 1. The minimum atomic E-state index is -0.918. The SMILES string of the molecule is N=C(C=CN)c1ccc(OCCCCCCCOC2(C(=O)N=O)CCC2)cn1. The van der Waals surface area contributed by atoms with Gasteiger partial charge in [0, 0.05) is 11.8 Å². The number of carbonyl (C=O) groups is 1. The van der Waals surface area contributed by atoms with Gasteiger partial charge in [-0.2, -0.15) is 0 Å². The van der Waals surface area contributed by atoms with Gasteiger partial charge in [-0.05, 0) is 56.5 Å². The van der Waals surface area contributed by atoms with Gasteiger partial charge < -0.3 is 15.2 Å². The van der Waals surface area contributed by atoms with E-state index in [2.05, 4.69) is 10.2 Å². The Hall–Kier alpha value is -2.61. The molecule has 0 aromatic carbocycles. The lowest BCUT2D eigenvalue weighted by Gasteiger charge is -2.37. The van der Waals surface area contributed by atoms with Crippen molar-refractivity contribution in [2.45, 2.75) is 57.0 Å². The Balaban J connectivity index is 1.51. The van der Waals surface area contributed by atoms with Gasteiger partial charge in [-0.3, -0.25) is 15.2 Å². The summed E-state index contributed by atoms with van der Waals surface area (Å²) >= 11 is 0. The van der Waals surface area contributed by atoms with Crippen LogP contribution in [0.15, 0.2) is 35.8 Å². The number of hydrogen-bond acceptors (Lipinski definition) is 7. The van der Waals surface area contributed by atoms with Crippen LogP contribution in [0.2, 0.25) is 0 Å². The molecule has 1 fully saturated rings. The van der Waals surface area contributed by atoms with Crippen LogP contribution in [-0.4, -0.2) is 35.4 Å². The van der Waals surface area contributed by atoms with Crippen LogP contribution in [0.4, 0.5) is 0 Å². The Morgan fingerprint density at radius 2 is 1.93 bits per heavy atom. The first-order chi connectivity index (χ1) is 13.6. The molecule has 1 saturated carbocycles. The zero-order chi connectivity index (χ0) is 20.2. The molecule has 1 aliphatic carbocycles. The predicted molar refractivity (Wildman–Crippen MR) is 106 cm³/mol. The van der Waals surface area contributed by atoms with Crippen molar-refractivity contribution in [3.05, 3.63) is 41.2 Å². The summed E-state index contributed by atoms with van der Waals surface area (Å²) in [6, 6.07) is 3.53. The summed E-state index contributed by atoms with van der Waals surface area (Å²) in [6.07, 6.45) is 11.4. The lowest BCUT2D eigenvalue weighted by molar-refractivity contribution is -0.156. The highest BCUT2D eigenvalue weighted by Gasteiger charge is 2.46. The standard InChI is InChI=1S/C20H28N4O4/c21-12-9-17(22)18-8-7-16(15-23-18)27-13-4-2-1-3-5-14-28-20(10-6-11-20)19(25)24-26/h7-9,12,15,22H,1-6,10-11,13-14,21H2. The Kier molecular flexibility index (Phi) is 8.74. The maximum atomic E-state index is 11.5. The maximum Gasteiger partial charge on any atom is 0.317 e. The molecule has 1 aliphatic rings. The summed E-state index contributed by atoms with van der Waals surface area (Å²) in [5.41, 5.74) is 5.15. The fourth-order valence-corrected chi connectivity index (χ4v) is 3.00. The molecule has 1 amide bonds. The molecule has 8 heteroatoms. The largest absolute Gasteiger partial charge is 0.492 e. The number of nitrogens with zero attached hydrogens (tertiary/aromatic N) is 2. The molecular weight excluding hydrogens is 360 g/mol. The quantitative estimate of drug-likeness (QED) is 0.302. The molecule has 0 spiro atoms. The number of ether oxygens (including phenoxy) is 2. The van der Waals surface area contributed by atoms with Gasteiger partial charge in [0.05, 0.1) is 24.2 Å². The number of unbranched alkanes of at least 4 members (excludes halogenated alkanes) is 4. The predicted octanol–water partition coefficient (Wildman–Crippen LogP) is 3.48. The second kappa shape index (κ2) is 11.3. The molecule has 1 heterocycles. The number of rotatable bonds is 13. The molecular formula is C20H28N4O4. The van der Waals surface area contributed by atoms with Crippen molar-refractivity contribution in [3.8, 4) is 5.75 Å². The van der Waals surface area contributed by atoms with Crippen molar-refractivity contribution in [2.24, 2.45) is 10.9 Å². The van der Waals surface area contributed by atoms with E-state index in [9.17, 15) is 9.70 Å². The van der Waals surface area contributed by atoms with Crippen molar-refractivity contribution in [3.63, 3.8) is 0 Å². The Morgan fingerprint density at radius 3 is 2.50 bits per heavy atom. The van der Waals surface area contributed by atoms with Crippen LogP contribution in [0.25, 0.3) is 0 Å². The molecule has 1 aromatic heterocycles. The van der Waals surface area contributed by atoms with Crippen molar-refractivity contribution >= 4 is 11.6 Å². The lowest BCUT2D eigenvalue weighted by Crippen LogP contribution is -2.47. The highest BCUT2D eigenvalue weighted by atomic mass is 16.5. The van der Waals surface area contributed by atoms with E-state index in [1.165, 1.54) is 12.3 Å². The maximum absolute atomic E-state index is 11.5. The molecule has 1 aromatic rings. The van der Waals surface area contributed by atoms with E-state index < -0.39 is 11.5 Å². The molecule has 8 nitrogen and oxygen atoms in total. The fraction of sp³-hybridized carbons (Fsp3) is 0.550. The summed E-state index contributed by atoms with van der Waals surface area (Å²) in [7, 11) is 0. The van der Waals surface area contributed by atoms with Gasteiger partial charge in [0.15, 0.2) is 5.60 Å². The molecule has 0 unspecified atom stereocenters. The van der Waals surface area contributed by atoms with Gasteiger partial charge in [0.25, 0.3) is 0 Å². The molecule has 0 saturated heterocycles. The highest BCUT2D eigenvalue weighted by Crippen LogP contribution is 2.37. The number of hydrogen-bond donors (Lipinski definition) is 2. The molecule has 0 atom stereocenters. The number of nitroso groups, excluding NO2 is 1. The van der Waals surface area contributed by atoms with Crippen LogP contribution in [0.3, 0.4) is 0 Å². The van der Waals surface area contributed by atoms with E-state index >= 15 is 0 Å². The Morgan fingerprint density at radius 1 is 1.21 bits per heavy atom. The number of nitrogens with two attached hydrogens (primary N) is 1. The highest BCUT2D eigenvalue weighted by molar-refractivity contribution is 6.04. The zero-order valence-corrected chi connectivity index (χ0v) is 16.1. The molecule has 0 bridgehead atoms. The van der Waals surface area contributed by atoms with Crippen LogP contribution < -0.4 is 10.5 Å². The van der Waals surface area contributed by atoms with Crippen molar-refractivity contribution in [2.75, 3.05) is 13.2 Å². The van der Waals surface area contributed by atoms with Crippen LogP contribution in [0.5, 0.6) is 5.75 Å². The van der Waals surface area contributed by atoms with Crippen LogP contribution in [-0.2, 0) is 9.53 Å². The smallest absolute Gasteiger partial charge is 0.317 e. The van der Waals surface area contributed by atoms with Gasteiger partial charge in [-0.15, -0.1) is 4.91 Å². The Bertz CT molecular complexity index is 684. The van der Waals surface area contributed by atoms with Gasteiger partial charge in [0.1, 0.15) is 5.75 Å². The minimum absolute atomic E-state index is 0.257. The van der Waals surface area contributed by atoms with Crippen molar-refractivity contribution in [1.29, 1.82) is 5.41 Å². The summed E-state index contributed by atoms with van der Waals surface area (Å²) in [6.45, 7) is 1.10. The van der Waals surface area contributed by atoms with E-state index in [0.29, 0.717) is 37.5 Å². The van der Waals surface area contributed by atoms with Crippen LogP contribution in [0, 0.1) is 10.3 Å². The molecule has 3 N–H and O–H groups in total. The average molecular weight is 388 g/mol. The van der Waals surface area contributed by atoms with Crippen LogP contribution >= 0.6 is 0 Å². The second-order valence-corrected chi connectivity index (χ2v) is 6.86. The van der Waals surface area contributed by atoms with E-state index in [-0.39, 0.29) is 5.71 Å². The number of carbonyl (C=O) groups excluding carboxylic acids is 1. The van der Waals surface area contributed by atoms with Crippen molar-refractivity contribution in [1.82, 2.24) is 4.98 Å². The van der Waals surface area contributed by atoms with Gasteiger partial charge in [0.2, 0.25) is 0 Å². The number of allylic oxidation sites excluding steroid dienone is 1. The first kappa shape index (κ1) is 21.7. The third-order valence-corrected chi connectivity index (χ3v) is 4.84.